The maximum absolute atomic E-state index is 10.0. The number of halogens is 1. The number of hydrogen-bond acceptors (Lipinski definition) is 3. The Bertz CT molecular complexity index is 196. The first-order valence-electron chi connectivity index (χ1n) is 1.96. The van der Waals surface area contributed by atoms with Crippen molar-refractivity contribution in [2.24, 2.45) is 9.74 Å². The van der Waals surface area contributed by atoms with E-state index in [1.807, 2.05) is 0 Å². The number of rotatable bonds is 2. The van der Waals surface area contributed by atoms with Gasteiger partial charge in [0.2, 0.25) is 0 Å². The minimum Gasteiger partial charge on any atom is -0.284 e. The Kier molecular flexibility index (Phi) is 2.86. The van der Waals surface area contributed by atoms with Gasteiger partial charge in [-0.2, -0.15) is 8.42 Å². The van der Waals surface area contributed by atoms with Crippen molar-refractivity contribution in [1.29, 1.82) is 0 Å². The van der Waals surface area contributed by atoms with Gasteiger partial charge < -0.3 is 0 Å². The summed E-state index contributed by atoms with van der Waals surface area (Å²) < 4.78 is 22.8. The van der Waals surface area contributed by atoms with Gasteiger partial charge in [-0.3, -0.25) is 5.01 Å². The third kappa shape index (κ3) is 7.64. The van der Waals surface area contributed by atoms with E-state index < -0.39 is 9.24 Å². The molecule has 0 rings (SSSR count). The Morgan fingerprint density at radius 2 is 1.89 bits per heavy atom. The van der Waals surface area contributed by atoms with E-state index in [1.165, 1.54) is 19.1 Å². The lowest BCUT2D eigenvalue weighted by atomic mass is 11.2. The SMILES string of the molecule is CN(C)N=NS(=O)(=O)Cl. The molecule has 0 unspecified atom stereocenters. The molecule has 0 aromatic carbocycles. The van der Waals surface area contributed by atoms with E-state index in [0.29, 0.717) is 0 Å². The first-order valence-corrected chi connectivity index (χ1v) is 4.23. The molecule has 0 spiro atoms. The Labute approximate surface area is 57.8 Å². The second-order valence-electron chi connectivity index (χ2n) is 1.43. The third-order valence-electron chi connectivity index (χ3n) is 0.313. The van der Waals surface area contributed by atoms with Crippen LogP contribution in [-0.2, 0) is 9.24 Å². The van der Waals surface area contributed by atoms with Gasteiger partial charge in [-0.15, -0.1) is 0 Å². The van der Waals surface area contributed by atoms with Crippen molar-refractivity contribution >= 4 is 19.9 Å². The molecule has 0 saturated carbocycles. The lowest BCUT2D eigenvalue weighted by molar-refractivity contribution is 0.410. The van der Waals surface area contributed by atoms with Crippen LogP contribution in [0.2, 0.25) is 0 Å². The predicted molar refractivity (Wildman–Crippen MR) is 33.3 cm³/mol. The van der Waals surface area contributed by atoms with E-state index in [4.69, 9.17) is 0 Å². The number of nitrogens with zero attached hydrogens (tertiary/aromatic N) is 3. The molecule has 0 aromatic heterocycles. The summed E-state index contributed by atoms with van der Waals surface area (Å²) in [4.78, 5) is 0. The predicted octanol–water partition coefficient (Wildman–Crippen LogP) is 0.399. The topological polar surface area (TPSA) is 62.1 Å². The first kappa shape index (κ1) is 8.64. The van der Waals surface area contributed by atoms with Gasteiger partial charge in [0.25, 0.3) is 0 Å². The van der Waals surface area contributed by atoms with Crippen molar-refractivity contribution in [1.82, 2.24) is 5.01 Å². The summed E-state index contributed by atoms with van der Waals surface area (Å²) in [7, 11) is 3.90. The van der Waals surface area contributed by atoms with Crippen LogP contribution < -0.4 is 0 Å². The molecule has 9 heavy (non-hydrogen) atoms. The molecule has 0 N–H and O–H groups in total. The van der Waals surface area contributed by atoms with Gasteiger partial charge in [-0.1, -0.05) is 5.22 Å². The molecule has 0 aliphatic heterocycles. The van der Waals surface area contributed by atoms with Crippen molar-refractivity contribution in [3.63, 3.8) is 0 Å². The lowest BCUT2D eigenvalue weighted by Crippen LogP contribution is -2.00. The van der Waals surface area contributed by atoms with E-state index in [2.05, 4.69) is 20.4 Å². The van der Waals surface area contributed by atoms with Crippen LogP contribution in [0.5, 0.6) is 0 Å². The molecule has 0 aliphatic rings. The molecule has 5 nitrogen and oxygen atoms in total. The maximum atomic E-state index is 10.0. The molecular formula is C2H6ClN3O2S. The third-order valence-corrected chi connectivity index (χ3v) is 0.766. The van der Waals surface area contributed by atoms with Crippen LogP contribution in [0.4, 0.5) is 0 Å². The zero-order valence-electron chi connectivity index (χ0n) is 4.94. The van der Waals surface area contributed by atoms with Crippen molar-refractivity contribution in [2.45, 2.75) is 0 Å². The molecule has 0 fully saturated rings. The average molecular weight is 172 g/mol. The van der Waals surface area contributed by atoms with E-state index in [9.17, 15) is 8.42 Å². The molecule has 0 saturated heterocycles. The minimum absolute atomic E-state index is 1.22. The fourth-order valence-electron chi connectivity index (χ4n) is 0.117. The van der Waals surface area contributed by atoms with E-state index in [1.54, 1.807) is 0 Å². The van der Waals surface area contributed by atoms with Gasteiger partial charge in [-0.25, -0.2) is 0 Å². The highest BCUT2D eigenvalue weighted by molar-refractivity contribution is 8.12. The van der Waals surface area contributed by atoms with Crippen LogP contribution in [0.15, 0.2) is 9.74 Å². The highest BCUT2D eigenvalue weighted by Crippen LogP contribution is 1.98. The molecule has 0 amide bonds. The number of hydrogen-bond donors (Lipinski definition) is 0. The first-order chi connectivity index (χ1) is 3.92. The fourth-order valence-corrected chi connectivity index (χ4v) is 0.433. The van der Waals surface area contributed by atoms with Gasteiger partial charge in [0.1, 0.15) is 0 Å². The zero-order chi connectivity index (χ0) is 7.49. The largest absolute Gasteiger partial charge is 0.358 e. The Hall–Kier alpha value is -0.360. The monoisotopic (exact) mass is 171 g/mol. The molecular weight excluding hydrogens is 166 g/mol. The summed E-state index contributed by atoms with van der Waals surface area (Å²) in [5, 5.41) is 4.36. The van der Waals surface area contributed by atoms with Crippen molar-refractivity contribution < 1.29 is 8.42 Å². The smallest absolute Gasteiger partial charge is 0.284 e. The van der Waals surface area contributed by atoms with Crippen LogP contribution in [0.25, 0.3) is 0 Å². The quantitative estimate of drug-likeness (QED) is 0.343. The Morgan fingerprint density at radius 1 is 1.44 bits per heavy atom. The molecule has 0 heterocycles. The summed E-state index contributed by atoms with van der Waals surface area (Å²) in [6.07, 6.45) is 0. The standard InChI is InChI=1S/C2H6ClN3O2S/c1-6(2)4-5-9(3,7)8/h1-2H3. The van der Waals surface area contributed by atoms with Crippen molar-refractivity contribution in [3.05, 3.63) is 0 Å². The van der Waals surface area contributed by atoms with Gasteiger partial charge in [-0.05, 0) is 4.52 Å². The highest BCUT2D eigenvalue weighted by Gasteiger charge is 1.97. The normalized spacial score (nSPS) is 12.3. The molecule has 7 heteroatoms. The van der Waals surface area contributed by atoms with Crippen molar-refractivity contribution in [2.75, 3.05) is 14.1 Å². The van der Waals surface area contributed by atoms with E-state index >= 15 is 0 Å². The molecule has 54 valence electrons. The summed E-state index contributed by atoms with van der Waals surface area (Å²) >= 11 is 0. The molecule has 0 atom stereocenters. The Morgan fingerprint density at radius 3 is 2.00 bits per heavy atom. The maximum Gasteiger partial charge on any atom is 0.358 e. The van der Waals surface area contributed by atoms with Gasteiger partial charge in [0, 0.05) is 24.8 Å². The Balaban J connectivity index is 4.03. The average Bonchev–Trinajstić information content (AvgIpc) is 1.59. The van der Waals surface area contributed by atoms with E-state index in [0.717, 1.165) is 0 Å². The molecule has 0 bridgehead atoms. The van der Waals surface area contributed by atoms with E-state index in [-0.39, 0.29) is 0 Å². The fraction of sp³-hybridized carbons (Fsp3) is 1.00. The van der Waals surface area contributed by atoms with Gasteiger partial charge in [0.15, 0.2) is 0 Å². The summed E-state index contributed by atoms with van der Waals surface area (Å²) in [6, 6.07) is 0. The summed E-state index contributed by atoms with van der Waals surface area (Å²) in [5.74, 6) is 0. The van der Waals surface area contributed by atoms with Crippen LogP contribution in [0.1, 0.15) is 0 Å². The molecule has 0 aliphatic carbocycles. The van der Waals surface area contributed by atoms with Gasteiger partial charge in [0.05, 0.1) is 0 Å². The second kappa shape index (κ2) is 2.98. The van der Waals surface area contributed by atoms with Crippen LogP contribution in [0, 0.1) is 0 Å². The van der Waals surface area contributed by atoms with Crippen molar-refractivity contribution in [3.8, 4) is 0 Å². The van der Waals surface area contributed by atoms with Crippen LogP contribution in [0.3, 0.4) is 0 Å². The molecule has 0 aromatic rings. The van der Waals surface area contributed by atoms with Gasteiger partial charge >= 0.3 is 9.24 Å². The summed E-state index contributed by atoms with van der Waals surface area (Å²) in [5.41, 5.74) is 0. The summed E-state index contributed by atoms with van der Waals surface area (Å²) in [6.45, 7) is 0. The lowest BCUT2D eigenvalue weighted by Gasteiger charge is -1.97. The highest BCUT2D eigenvalue weighted by atomic mass is 35.7. The minimum atomic E-state index is -3.83. The van der Waals surface area contributed by atoms with Crippen LogP contribution in [-0.4, -0.2) is 27.5 Å². The zero-order valence-corrected chi connectivity index (χ0v) is 6.52. The molecule has 0 radical (unpaired) electrons. The van der Waals surface area contributed by atoms with Crippen LogP contribution >= 0.6 is 10.7 Å². The second-order valence-corrected chi connectivity index (χ2v) is 3.59.